The molecule has 0 amide bonds. The van der Waals surface area contributed by atoms with Gasteiger partial charge in [-0.25, -0.2) is 4.79 Å². The second kappa shape index (κ2) is 13.2. The van der Waals surface area contributed by atoms with Gasteiger partial charge in [0.15, 0.2) is 0 Å². The number of nitrogens with zero attached hydrogens (tertiary/aromatic N) is 1. The second-order valence-corrected chi connectivity index (χ2v) is 6.61. The third-order valence-electron chi connectivity index (χ3n) is 4.23. The van der Waals surface area contributed by atoms with Crippen LogP contribution in [-0.4, -0.2) is 17.4 Å². The Kier molecular flexibility index (Phi) is 11.2. The van der Waals surface area contributed by atoms with Gasteiger partial charge in [-0.2, -0.15) is 0 Å². The Morgan fingerprint density at radius 3 is 2.38 bits per heavy atom. The van der Waals surface area contributed by atoms with Crippen molar-refractivity contribution in [1.29, 1.82) is 0 Å². The molecule has 0 spiro atoms. The van der Waals surface area contributed by atoms with Crippen LogP contribution in [0.3, 0.4) is 0 Å². The van der Waals surface area contributed by atoms with Gasteiger partial charge in [-0.05, 0) is 19.8 Å². The van der Waals surface area contributed by atoms with Crippen molar-refractivity contribution >= 4 is 5.71 Å². The van der Waals surface area contributed by atoms with Crippen molar-refractivity contribution in [3.8, 4) is 5.75 Å². The molecule has 0 aliphatic heterocycles. The lowest BCUT2D eigenvalue weighted by Crippen LogP contribution is -2.16. The number of hydrogen-bond donors (Lipinski definition) is 1. The molecule has 0 atom stereocenters. The molecule has 0 aliphatic carbocycles. The smallest absolute Gasteiger partial charge is 0.349 e. The third-order valence-corrected chi connectivity index (χ3v) is 4.23. The van der Waals surface area contributed by atoms with Crippen LogP contribution in [0.5, 0.6) is 5.75 Å². The lowest BCUT2D eigenvalue weighted by molar-refractivity contribution is 0.174. The van der Waals surface area contributed by atoms with Gasteiger partial charge >= 0.3 is 5.63 Å². The first-order valence-corrected chi connectivity index (χ1v) is 9.74. The van der Waals surface area contributed by atoms with Gasteiger partial charge in [0.1, 0.15) is 23.7 Å². The number of oxime groups is 1. The number of aromatic hydroxyl groups is 1. The Balaban J connectivity index is 2.54. The van der Waals surface area contributed by atoms with E-state index >= 15 is 0 Å². The maximum atomic E-state index is 12.1. The molecule has 0 saturated carbocycles. The van der Waals surface area contributed by atoms with E-state index in [1.165, 1.54) is 51.0 Å². The minimum atomic E-state index is -0.584. The largest absolute Gasteiger partial charge is 0.507 e. The Bertz CT molecular complexity index is 619. The van der Waals surface area contributed by atoms with Crippen LogP contribution in [0, 0.1) is 6.92 Å². The summed E-state index contributed by atoms with van der Waals surface area (Å²) in [5.74, 6) is 0.251. The molecule has 5 heteroatoms. The molecule has 1 N–H and O–H groups in total. The second-order valence-electron chi connectivity index (χ2n) is 6.61. The molecule has 1 aromatic heterocycles. The number of rotatable bonds is 14. The minimum Gasteiger partial charge on any atom is -0.507 e. The van der Waals surface area contributed by atoms with Crippen LogP contribution in [0.15, 0.2) is 33.1 Å². The average Bonchev–Trinajstić information content (AvgIpc) is 2.59. The fraction of sp³-hybridized carbons (Fsp3) is 0.619. The molecule has 1 rings (SSSR count). The topological polar surface area (TPSA) is 72.0 Å². The summed E-state index contributed by atoms with van der Waals surface area (Å²) < 4.78 is 5.10. The highest BCUT2D eigenvalue weighted by atomic mass is 16.6. The van der Waals surface area contributed by atoms with E-state index < -0.39 is 5.63 Å². The lowest BCUT2D eigenvalue weighted by atomic mass is 10.0. The van der Waals surface area contributed by atoms with Crippen molar-refractivity contribution < 1.29 is 14.4 Å². The molecular weight excluding hydrogens is 330 g/mol. The van der Waals surface area contributed by atoms with E-state index in [1.54, 1.807) is 13.0 Å². The summed E-state index contributed by atoms with van der Waals surface area (Å²) in [6.45, 7) is 7.67. The Morgan fingerprint density at radius 1 is 1.19 bits per heavy atom. The summed E-state index contributed by atoms with van der Waals surface area (Å²) in [6.07, 6.45) is 13.0. The number of aryl methyl sites for hydroxylation is 1. The third kappa shape index (κ3) is 8.37. The molecule has 0 aliphatic rings. The molecule has 0 saturated heterocycles. The van der Waals surface area contributed by atoms with Crippen LogP contribution in [0.4, 0.5) is 0 Å². The summed E-state index contributed by atoms with van der Waals surface area (Å²) in [6, 6.07) is 1.43. The maximum absolute atomic E-state index is 12.1. The van der Waals surface area contributed by atoms with Gasteiger partial charge in [0.2, 0.25) is 0 Å². The molecule has 146 valence electrons. The van der Waals surface area contributed by atoms with Crippen molar-refractivity contribution in [3.63, 3.8) is 0 Å². The van der Waals surface area contributed by atoms with Crippen molar-refractivity contribution in [2.24, 2.45) is 5.16 Å². The zero-order valence-electron chi connectivity index (χ0n) is 16.3. The Labute approximate surface area is 156 Å². The van der Waals surface area contributed by atoms with E-state index in [1.807, 2.05) is 0 Å². The SMILES string of the molecule is C=CCON=C(CCCCCCCCCCC)c1c(O)cc(C)oc1=O. The van der Waals surface area contributed by atoms with Crippen LogP contribution in [-0.2, 0) is 4.84 Å². The first kappa shape index (κ1) is 22.0. The van der Waals surface area contributed by atoms with E-state index in [2.05, 4.69) is 18.7 Å². The molecule has 0 fully saturated rings. The Morgan fingerprint density at radius 2 is 1.81 bits per heavy atom. The molecule has 5 nitrogen and oxygen atoms in total. The van der Waals surface area contributed by atoms with Crippen LogP contribution >= 0.6 is 0 Å². The van der Waals surface area contributed by atoms with E-state index in [0.29, 0.717) is 17.9 Å². The maximum Gasteiger partial charge on any atom is 0.349 e. The lowest BCUT2D eigenvalue weighted by Gasteiger charge is -2.08. The molecule has 0 unspecified atom stereocenters. The summed E-state index contributed by atoms with van der Waals surface area (Å²) >= 11 is 0. The molecule has 0 aromatic carbocycles. The van der Waals surface area contributed by atoms with Crippen molar-refractivity contribution in [2.75, 3.05) is 6.61 Å². The summed E-state index contributed by atoms with van der Waals surface area (Å²) in [5, 5.41) is 14.2. The highest BCUT2D eigenvalue weighted by Gasteiger charge is 2.17. The predicted octanol–water partition coefficient (Wildman–Crippen LogP) is 5.48. The van der Waals surface area contributed by atoms with Gasteiger partial charge < -0.3 is 14.4 Å². The highest BCUT2D eigenvalue weighted by Crippen LogP contribution is 2.19. The van der Waals surface area contributed by atoms with Gasteiger partial charge in [0.25, 0.3) is 0 Å². The summed E-state index contributed by atoms with van der Waals surface area (Å²) in [5.41, 5.74) is -0.0559. The molecular formula is C21H33NO4. The number of hydrogen-bond acceptors (Lipinski definition) is 5. The van der Waals surface area contributed by atoms with Gasteiger partial charge in [0.05, 0.1) is 5.71 Å². The van der Waals surface area contributed by atoms with Crippen molar-refractivity contribution in [3.05, 3.63) is 40.5 Å². The Hall–Kier alpha value is -2.04. The van der Waals surface area contributed by atoms with E-state index in [0.717, 1.165) is 12.8 Å². The molecule has 1 aromatic rings. The van der Waals surface area contributed by atoms with Gasteiger partial charge in [-0.15, -0.1) is 0 Å². The van der Waals surface area contributed by atoms with E-state index in [9.17, 15) is 9.90 Å². The quantitative estimate of drug-likeness (QED) is 0.205. The first-order valence-electron chi connectivity index (χ1n) is 9.74. The molecule has 0 bridgehead atoms. The van der Waals surface area contributed by atoms with E-state index in [4.69, 9.17) is 9.25 Å². The fourth-order valence-corrected chi connectivity index (χ4v) is 2.85. The minimum absolute atomic E-state index is 0.0965. The monoisotopic (exact) mass is 363 g/mol. The normalized spacial score (nSPS) is 11.5. The van der Waals surface area contributed by atoms with Gasteiger partial charge in [0, 0.05) is 6.07 Å². The predicted molar refractivity (Wildman–Crippen MR) is 106 cm³/mol. The molecule has 1 heterocycles. The standard InChI is InChI=1S/C21H33NO4/c1-4-6-7-8-9-10-11-12-13-14-18(22-25-15-5-2)20-19(23)16-17(3)26-21(20)24/h5,16,23H,2,4,6-15H2,1,3H3. The van der Waals surface area contributed by atoms with E-state index in [-0.39, 0.29) is 17.9 Å². The summed E-state index contributed by atoms with van der Waals surface area (Å²) in [4.78, 5) is 17.3. The van der Waals surface area contributed by atoms with Crippen LogP contribution < -0.4 is 5.63 Å². The summed E-state index contributed by atoms with van der Waals surface area (Å²) in [7, 11) is 0. The van der Waals surface area contributed by atoms with Crippen molar-refractivity contribution in [1.82, 2.24) is 0 Å². The average molecular weight is 363 g/mol. The zero-order chi connectivity index (χ0) is 19.2. The molecule has 0 radical (unpaired) electrons. The number of unbranched alkanes of at least 4 members (excludes halogenated alkanes) is 8. The van der Waals surface area contributed by atoms with Gasteiger partial charge in [-0.1, -0.05) is 76.1 Å². The van der Waals surface area contributed by atoms with Crippen molar-refractivity contribution in [2.45, 2.75) is 78.1 Å². The van der Waals surface area contributed by atoms with Crippen LogP contribution in [0.1, 0.15) is 82.5 Å². The highest BCUT2D eigenvalue weighted by molar-refractivity contribution is 6.01. The first-order chi connectivity index (χ1) is 12.6. The zero-order valence-corrected chi connectivity index (χ0v) is 16.3. The van der Waals surface area contributed by atoms with Gasteiger partial charge in [-0.3, -0.25) is 0 Å². The van der Waals surface area contributed by atoms with Crippen LogP contribution in [0.25, 0.3) is 0 Å². The molecule has 26 heavy (non-hydrogen) atoms. The fourth-order valence-electron chi connectivity index (χ4n) is 2.85. The van der Waals surface area contributed by atoms with Crippen LogP contribution in [0.2, 0.25) is 0 Å².